The van der Waals surface area contributed by atoms with E-state index < -0.39 is 0 Å². The van der Waals surface area contributed by atoms with Gasteiger partial charge in [0, 0.05) is 24.1 Å². The molecule has 2 amide bonds. The van der Waals surface area contributed by atoms with Crippen LogP contribution in [-0.2, 0) is 6.42 Å². The molecule has 1 saturated heterocycles. The number of likely N-dealkylation sites (tertiary alicyclic amines) is 1. The fourth-order valence-corrected chi connectivity index (χ4v) is 2.37. The third kappa shape index (κ3) is 3.86. The Bertz CT molecular complexity index is 447. The van der Waals surface area contributed by atoms with Crippen molar-refractivity contribution in [1.82, 2.24) is 10.2 Å². The summed E-state index contributed by atoms with van der Waals surface area (Å²) < 4.78 is 6.36. The van der Waals surface area contributed by atoms with Crippen molar-refractivity contribution in [3.05, 3.63) is 28.2 Å². The summed E-state index contributed by atoms with van der Waals surface area (Å²) in [5.74, 6) is 0.892. The van der Waals surface area contributed by atoms with Crippen molar-refractivity contribution in [2.24, 2.45) is 0 Å². The van der Waals surface area contributed by atoms with Crippen LogP contribution >= 0.6 is 15.9 Å². The van der Waals surface area contributed by atoms with E-state index in [0.717, 1.165) is 42.6 Å². The van der Waals surface area contributed by atoms with Crippen molar-refractivity contribution in [2.75, 3.05) is 26.7 Å². The number of aryl methyl sites for hydroxylation is 1. The number of hydrogen-bond acceptors (Lipinski definition) is 2. The van der Waals surface area contributed by atoms with Crippen LogP contribution in [0.3, 0.4) is 0 Å². The Morgan fingerprint density at radius 2 is 2.26 bits per heavy atom. The zero-order chi connectivity index (χ0) is 13.7. The summed E-state index contributed by atoms with van der Waals surface area (Å²) in [7, 11) is 1.68. The molecule has 0 unspecified atom stereocenters. The summed E-state index contributed by atoms with van der Waals surface area (Å²) in [6.07, 6.45) is 2.94. The van der Waals surface area contributed by atoms with Crippen LogP contribution in [0.15, 0.2) is 22.7 Å². The smallest absolute Gasteiger partial charge is 0.317 e. The Morgan fingerprint density at radius 3 is 2.89 bits per heavy atom. The zero-order valence-corrected chi connectivity index (χ0v) is 12.7. The van der Waals surface area contributed by atoms with Crippen LogP contribution in [0.2, 0.25) is 0 Å². The number of ether oxygens (including phenoxy) is 1. The number of carbonyl (C=O) groups excluding carboxylic acids is 1. The van der Waals surface area contributed by atoms with Gasteiger partial charge >= 0.3 is 6.03 Å². The van der Waals surface area contributed by atoms with Crippen LogP contribution in [0.4, 0.5) is 4.79 Å². The Labute approximate surface area is 122 Å². The fourth-order valence-electron chi connectivity index (χ4n) is 2.03. The minimum absolute atomic E-state index is 0.0639. The fraction of sp³-hybridized carbons (Fsp3) is 0.500. The highest BCUT2D eigenvalue weighted by Crippen LogP contribution is 2.24. The zero-order valence-electron chi connectivity index (χ0n) is 11.1. The number of nitrogens with zero attached hydrogens (tertiary/aromatic N) is 1. The van der Waals surface area contributed by atoms with Gasteiger partial charge < -0.3 is 15.0 Å². The highest BCUT2D eigenvalue weighted by molar-refractivity contribution is 9.10. The minimum Gasteiger partial charge on any atom is -0.496 e. The van der Waals surface area contributed by atoms with Crippen molar-refractivity contribution in [2.45, 2.75) is 19.3 Å². The summed E-state index contributed by atoms with van der Waals surface area (Å²) in [5, 5.41) is 2.94. The van der Waals surface area contributed by atoms with Gasteiger partial charge in [-0.2, -0.15) is 0 Å². The van der Waals surface area contributed by atoms with E-state index in [1.807, 2.05) is 17.0 Å². The average molecular weight is 327 g/mol. The van der Waals surface area contributed by atoms with Crippen molar-refractivity contribution in [3.8, 4) is 5.75 Å². The summed E-state index contributed by atoms with van der Waals surface area (Å²) in [5.41, 5.74) is 1.17. The number of benzene rings is 1. The van der Waals surface area contributed by atoms with E-state index >= 15 is 0 Å². The quantitative estimate of drug-likeness (QED) is 0.845. The van der Waals surface area contributed by atoms with Gasteiger partial charge in [-0.15, -0.1) is 0 Å². The van der Waals surface area contributed by atoms with Gasteiger partial charge in [-0.05, 0) is 37.0 Å². The van der Waals surface area contributed by atoms with E-state index in [9.17, 15) is 4.79 Å². The summed E-state index contributed by atoms with van der Waals surface area (Å²) >= 11 is 3.43. The third-order valence-electron chi connectivity index (χ3n) is 3.29. The van der Waals surface area contributed by atoms with Crippen LogP contribution in [0, 0.1) is 0 Å². The maximum absolute atomic E-state index is 11.6. The van der Waals surface area contributed by atoms with E-state index in [-0.39, 0.29) is 6.03 Å². The molecule has 0 atom stereocenters. The first kappa shape index (κ1) is 14.2. The Hall–Kier alpha value is -1.23. The third-order valence-corrected chi connectivity index (χ3v) is 3.78. The molecule has 2 rings (SSSR count). The Kier molecular flexibility index (Phi) is 5.07. The van der Waals surface area contributed by atoms with Gasteiger partial charge in [0.25, 0.3) is 0 Å². The first-order valence-electron chi connectivity index (χ1n) is 6.56. The van der Waals surface area contributed by atoms with Gasteiger partial charge in [-0.1, -0.05) is 22.0 Å². The first-order valence-corrected chi connectivity index (χ1v) is 7.35. The Morgan fingerprint density at radius 1 is 1.47 bits per heavy atom. The lowest BCUT2D eigenvalue weighted by Crippen LogP contribution is -2.47. The van der Waals surface area contributed by atoms with E-state index in [2.05, 4.69) is 27.3 Å². The molecule has 19 heavy (non-hydrogen) atoms. The summed E-state index contributed by atoms with van der Waals surface area (Å²) in [6, 6.07) is 6.10. The van der Waals surface area contributed by atoms with Gasteiger partial charge in [0.2, 0.25) is 0 Å². The molecule has 5 heteroatoms. The minimum atomic E-state index is 0.0639. The van der Waals surface area contributed by atoms with Crippen LogP contribution in [0.25, 0.3) is 0 Å². The highest BCUT2D eigenvalue weighted by Gasteiger charge is 2.19. The predicted octanol–water partition coefficient (Wildman–Crippen LogP) is 2.81. The van der Waals surface area contributed by atoms with Crippen molar-refractivity contribution in [3.63, 3.8) is 0 Å². The van der Waals surface area contributed by atoms with Crippen molar-refractivity contribution >= 4 is 22.0 Å². The predicted molar refractivity (Wildman–Crippen MR) is 78.6 cm³/mol. The van der Waals surface area contributed by atoms with E-state index in [1.54, 1.807) is 7.11 Å². The molecule has 1 aromatic rings. The molecular formula is C14H19BrN2O2. The van der Waals surface area contributed by atoms with Crippen LogP contribution in [0.5, 0.6) is 5.75 Å². The topological polar surface area (TPSA) is 41.6 Å². The molecule has 4 nitrogen and oxygen atoms in total. The second-order valence-electron chi connectivity index (χ2n) is 4.63. The molecule has 0 aromatic heterocycles. The lowest BCUT2D eigenvalue weighted by molar-refractivity contribution is 0.167. The molecule has 0 radical (unpaired) electrons. The summed E-state index contributed by atoms with van der Waals surface area (Å²) in [4.78, 5) is 13.4. The number of methoxy groups -OCH3 is 1. The SMILES string of the molecule is COc1cc(Br)ccc1CCCNC(=O)N1CCC1. The van der Waals surface area contributed by atoms with Gasteiger partial charge in [-0.25, -0.2) is 4.79 Å². The lowest BCUT2D eigenvalue weighted by atomic mass is 10.1. The normalized spacial score (nSPS) is 13.9. The number of hydrogen-bond donors (Lipinski definition) is 1. The number of halogens is 1. The molecule has 0 aliphatic carbocycles. The van der Waals surface area contributed by atoms with Crippen LogP contribution < -0.4 is 10.1 Å². The maximum atomic E-state index is 11.6. The number of nitrogens with one attached hydrogen (secondary N) is 1. The molecule has 1 aliphatic heterocycles. The molecule has 1 aliphatic rings. The maximum Gasteiger partial charge on any atom is 0.317 e. The van der Waals surface area contributed by atoms with E-state index in [1.165, 1.54) is 5.56 Å². The molecular weight excluding hydrogens is 308 g/mol. The van der Waals surface area contributed by atoms with Gasteiger partial charge in [-0.3, -0.25) is 0 Å². The second-order valence-corrected chi connectivity index (χ2v) is 5.55. The molecule has 1 fully saturated rings. The average Bonchev–Trinajstić information content (AvgIpc) is 2.33. The van der Waals surface area contributed by atoms with Crippen LogP contribution in [-0.4, -0.2) is 37.7 Å². The lowest BCUT2D eigenvalue weighted by Gasteiger charge is -2.30. The number of carbonyl (C=O) groups is 1. The second kappa shape index (κ2) is 6.80. The van der Waals surface area contributed by atoms with Crippen molar-refractivity contribution < 1.29 is 9.53 Å². The number of rotatable bonds is 5. The molecule has 0 bridgehead atoms. The van der Waals surface area contributed by atoms with Gasteiger partial charge in [0.05, 0.1) is 7.11 Å². The molecule has 1 heterocycles. The summed E-state index contributed by atoms with van der Waals surface area (Å²) in [6.45, 7) is 2.49. The monoisotopic (exact) mass is 326 g/mol. The van der Waals surface area contributed by atoms with E-state index in [0.29, 0.717) is 6.54 Å². The first-order chi connectivity index (χ1) is 9.20. The molecule has 0 spiro atoms. The van der Waals surface area contributed by atoms with Gasteiger partial charge in [0.1, 0.15) is 5.75 Å². The molecule has 104 valence electrons. The molecule has 1 N–H and O–H groups in total. The largest absolute Gasteiger partial charge is 0.496 e. The number of urea groups is 1. The number of amides is 2. The van der Waals surface area contributed by atoms with Crippen LogP contribution in [0.1, 0.15) is 18.4 Å². The van der Waals surface area contributed by atoms with E-state index in [4.69, 9.17) is 4.74 Å². The van der Waals surface area contributed by atoms with Crippen molar-refractivity contribution in [1.29, 1.82) is 0 Å². The molecule has 1 aromatic carbocycles. The Balaban J connectivity index is 1.74. The standard InChI is InChI=1S/C14H19BrN2O2/c1-19-13-10-12(15)6-5-11(13)4-2-7-16-14(18)17-8-3-9-17/h5-6,10H,2-4,7-9H2,1H3,(H,16,18). The molecule has 0 saturated carbocycles. The van der Waals surface area contributed by atoms with Gasteiger partial charge in [0.15, 0.2) is 0 Å². The highest BCUT2D eigenvalue weighted by atomic mass is 79.9.